The van der Waals surface area contributed by atoms with E-state index in [9.17, 15) is 0 Å². The Labute approximate surface area is 124 Å². The molecule has 0 saturated carbocycles. The van der Waals surface area contributed by atoms with Crippen LogP contribution < -0.4 is 0 Å². The highest BCUT2D eigenvalue weighted by Crippen LogP contribution is 2.39. The van der Waals surface area contributed by atoms with Crippen LogP contribution in [-0.2, 0) is 0 Å². The highest BCUT2D eigenvalue weighted by molar-refractivity contribution is 8.01. The van der Waals surface area contributed by atoms with Gasteiger partial charge in [0.15, 0.2) is 0 Å². The van der Waals surface area contributed by atoms with Crippen LogP contribution in [0.2, 0.25) is 5.02 Å². The number of hydrogen-bond acceptors (Lipinski definition) is 4. The second-order valence-electron chi connectivity index (χ2n) is 3.81. The van der Waals surface area contributed by atoms with E-state index >= 15 is 0 Å². The topological polar surface area (TPSA) is 25.8 Å². The second kappa shape index (κ2) is 5.74. The zero-order chi connectivity index (χ0) is 13.1. The molecule has 0 aliphatic rings. The van der Waals surface area contributed by atoms with Crippen LogP contribution in [0.25, 0.3) is 11.3 Å². The number of aromatic nitrogens is 2. The average Bonchev–Trinajstić information content (AvgIpc) is 2.91. The first-order valence-electron chi connectivity index (χ1n) is 5.65. The summed E-state index contributed by atoms with van der Waals surface area (Å²) < 4.78 is 5.11. The van der Waals surface area contributed by atoms with Crippen LogP contribution in [0, 0.1) is 0 Å². The Morgan fingerprint density at radius 3 is 2.47 bits per heavy atom. The molecule has 0 unspecified atom stereocenters. The quantitative estimate of drug-likeness (QED) is 0.680. The van der Waals surface area contributed by atoms with E-state index < -0.39 is 0 Å². The Hall–Kier alpha value is -1.36. The summed E-state index contributed by atoms with van der Waals surface area (Å²) in [6, 6.07) is 17.9. The van der Waals surface area contributed by atoms with Crippen molar-refractivity contribution in [3.8, 4) is 11.3 Å². The van der Waals surface area contributed by atoms with Gasteiger partial charge in [-0.05, 0) is 23.7 Å². The Bertz CT molecular complexity index is 683. The molecule has 0 spiro atoms. The van der Waals surface area contributed by atoms with Gasteiger partial charge in [-0.15, -0.1) is 5.10 Å². The molecule has 2 nitrogen and oxygen atoms in total. The highest BCUT2D eigenvalue weighted by atomic mass is 35.5. The van der Waals surface area contributed by atoms with Crippen LogP contribution in [0.15, 0.2) is 63.7 Å². The SMILES string of the molecule is Clc1ccccc1Sc1snnc1-c1ccccc1. The maximum absolute atomic E-state index is 6.18. The third-order valence-corrected chi connectivity index (χ3v) is 4.94. The van der Waals surface area contributed by atoms with Crippen LogP contribution in [0.4, 0.5) is 0 Å². The van der Waals surface area contributed by atoms with Gasteiger partial charge in [-0.2, -0.15) is 0 Å². The van der Waals surface area contributed by atoms with Gasteiger partial charge in [0, 0.05) is 10.5 Å². The fourth-order valence-corrected chi connectivity index (χ4v) is 3.63. The molecule has 0 N–H and O–H groups in total. The maximum Gasteiger partial charge on any atom is 0.119 e. The predicted octanol–water partition coefficient (Wildman–Crippen LogP) is 5.01. The molecule has 5 heteroatoms. The Kier molecular flexibility index (Phi) is 3.82. The van der Waals surface area contributed by atoms with E-state index in [0.29, 0.717) is 0 Å². The number of rotatable bonds is 3. The molecule has 0 saturated heterocycles. The van der Waals surface area contributed by atoms with Crippen molar-refractivity contribution in [2.45, 2.75) is 9.10 Å². The number of halogens is 1. The molecule has 0 aliphatic carbocycles. The minimum Gasteiger partial charge on any atom is -0.137 e. The van der Waals surface area contributed by atoms with Gasteiger partial charge in [0.05, 0.1) is 5.02 Å². The van der Waals surface area contributed by atoms with Crippen LogP contribution in [0.3, 0.4) is 0 Å². The van der Waals surface area contributed by atoms with Crippen molar-refractivity contribution in [2.75, 3.05) is 0 Å². The van der Waals surface area contributed by atoms with E-state index in [2.05, 4.69) is 9.59 Å². The molecular weight excluding hydrogens is 296 g/mol. The fraction of sp³-hybridized carbons (Fsp3) is 0. The maximum atomic E-state index is 6.18. The molecule has 2 aromatic carbocycles. The lowest BCUT2D eigenvalue weighted by molar-refractivity contribution is 1.15. The van der Waals surface area contributed by atoms with E-state index in [1.165, 1.54) is 11.5 Å². The molecule has 3 rings (SSSR count). The molecule has 0 radical (unpaired) electrons. The summed E-state index contributed by atoms with van der Waals surface area (Å²) in [5, 5.41) is 4.97. The predicted molar refractivity (Wildman–Crippen MR) is 80.9 cm³/mol. The second-order valence-corrected chi connectivity index (χ2v) is 6.28. The number of nitrogens with zero attached hydrogens (tertiary/aromatic N) is 2. The molecule has 0 fully saturated rings. The van der Waals surface area contributed by atoms with Crippen LogP contribution >= 0.6 is 34.9 Å². The van der Waals surface area contributed by atoms with E-state index in [1.807, 2.05) is 54.6 Å². The third kappa shape index (κ3) is 2.81. The van der Waals surface area contributed by atoms with E-state index in [1.54, 1.807) is 11.8 Å². The zero-order valence-corrected chi connectivity index (χ0v) is 12.2. The third-order valence-electron chi connectivity index (χ3n) is 2.54. The van der Waals surface area contributed by atoms with Gasteiger partial charge in [0.25, 0.3) is 0 Å². The van der Waals surface area contributed by atoms with Crippen LogP contribution in [0.5, 0.6) is 0 Å². The number of hydrogen-bond donors (Lipinski definition) is 0. The smallest absolute Gasteiger partial charge is 0.119 e. The van der Waals surface area contributed by atoms with Crippen molar-refractivity contribution >= 4 is 34.9 Å². The lowest BCUT2D eigenvalue weighted by atomic mass is 10.2. The largest absolute Gasteiger partial charge is 0.137 e. The Morgan fingerprint density at radius 2 is 1.68 bits per heavy atom. The van der Waals surface area contributed by atoms with Crippen molar-refractivity contribution in [3.05, 3.63) is 59.6 Å². The molecule has 0 atom stereocenters. The lowest BCUT2D eigenvalue weighted by Gasteiger charge is -2.03. The van der Waals surface area contributed by atoms with Gasteiger partial charge in [0.1, 0.15) is 9.90 Å². The van der Waals surface area contributed by atoms with Crippen molar-refractivity contribution in [2.24, 2.45) is 0 Å². The van der Waals surface area contributed by atoms with Crippen molar-refractivity contribution in [1.29, 1.82) is 0 Å². The van der Waals surface area contributed by atoms with Crippen LogP contribution in [-0.4, -0.2) is 9.59 Å². The van der Waals surface area contributed by atoms with Gasteiger partial charge >= 0.3 is 0 Å². The summed E-state index contributed by atoms with van der Waals surface area (Å²) in [5.74, 6) is 0. The van der Waals surface area contributed by atoms with E-state index in [0.717, 1.165) is 25.4 Å². The minimum atomic E-state index is 0.750. The fourth-order valence-electron chi connectivity index (χ4n) is 1.65. The van der Waals surface area contributed by atoms with E-state index in [4.69, 9.17) is 11.6 Å². The van der Waals surface area contributed by atoms with Gasteiger partial charge in [-0.3, -0.25) is 0 Å². The van der Waals surface area contributed by atoms with Gasteiger partial charge in [-0.1, -0.05) is 70.3 Å². The molecule has 0 amide bonds. The van der Waals surface area contributed by atoms with Crippen molar-refractivity contribution < 1.29 is 0 Å². The zero-order valence-electron chi connectivity index (χ0n) is 9.79. The summed E-state index contributed by atoms with van der Waals surface area (Å²) in [5.41, 5.74) is 1.99. The van der Waals surface area contributed by atoms with Crippen LogP contribution in [0.1, 0.15) is 0 Å². The molecule has 3 aromatic rings. The van der Waals surface area contributed by atoms with Gasteiger partial charge in [0.2, 0.25) is 0 Å². The average molecular weight is 305 g/mol. The highest BCUT2D eigenvalue weighted by Gasteiger charge is 2.12. The summed E-state index contributed by atoms with van der Waals surface area (Å²) in [6.45, 7) is 0. The normalized spacial score (nSPS) is 10.6. The first-order chi connectivity index (χ1) is 9.34. The van der Waals surface area contributed by atoms with Gasteiger partial charge < -0.3 is 0 Å². The molecule has 1 heterocycles. The summed E-state index contributed by atoms with van der Waals surface area (Å²) in [7, 11) is 0. The van der Waals surface area contributed by atoms with Crippen molar-refractivity contribution in [1.82, 2.24) is 9.59 Å². The lowest BCUT2D eigenvalue weighted by Crippen LogP contribution is -1.80. The molecular formula is C14H9ClN2S2. The Balaban J connectivity index is 1.96. The first kappa shape index (κ1) is 12.7. The minimum absolute atomic E-state index is 0.750. The summed E-state index contributed by atoms with van der Waals surface area (Å²) in [4.78, 5) is 1.02. The summed E-state index contributed by atoms with van der Waals surface area (Å²) >= 11 is 9.18. The van der Waals surface area contributed by atoms with Crippen molar-refractivity contribution in [3.63, 3.8) is 0 Å². The van der Waals surface area contributed by atoms with Gasteiger partial charge in [-0.25, -0.2) is 0 Å². The molecule has 94 valence electrons. The molecule has 1 aromatic heterocycles. The molecule has 19 heavy (non-hydrogen) atoms. The Morgan fingerprint density at radius 1 is 0.947 bits per heavy atom. The standard InChI is InChI=1S/C14H9ClN2S2/c15-11-8-4-5-9-12(11)18-14-13(16-17-19-14)10-6-2-1-3-7-10/h1-9H. The molecule has 0 bridgehead atoms. The number of benzene rings is 2. The first-order valence-corrected chi connectivity index (χ1v) is 7.61. The van der Waals surface area contributed by atoms with E-state index in [-0.39, 0.29) is 0 Å². The monoisotopic (exact) mass is 304 g/mol. The summed E-state index contributed by atoms with van der Waals surface area (Å²) in [6.07, 6.45) is 0. The molecule has 0 aliphatic heterocycles.